The lowest BCUT2D eigenvalue weighted by molar-refractivity contribution is -0.399. The number of anilines is 1. The molecule has 0 radical (unpaired) electrons. The highest BCUT2D eigenvalue weighted by Gasteiger charge is 2.45. The van der Waals surface area contributed by atoms with Crippen molar-refractivity contribution >= 4 is 38.6 Å². The van der Waals surface area contributed by atoms with Crippen molar-refractivity contribution in [1.29, 1.82) is 0 Å². The number of likely N-dealkylation sites (N-methyl/N-ethyl adjacent to an activating group) is 1. The summed E-state index contributed by atoms with van der Waals surface area (Å²) in [4.78, 5) is 2.41. The number of hydrogen-bond donors (Lipinski definition) is 0. The van der Waals surface area contributed by atoms with Crippen molar-refractivity contribution in [3.8, 4) is 0 Å². The standard InChI is InChI=1S/C40H39N2/c1-27-18-20-28(21-19-27)26-40(4)36(41(5)34-25-23-29-12-7-9-14-31(29)37(34)40)17-11-16-35-39(2,3)33-24-22-30-13-8-10-15-32(30)38(33)42(35)6/h7-25H,26H2,1-6H3/q+1. The van der Waals surface area contributed by atoms with Gasteiger partial charge in [-0.25, -0.2) is 0 Å². The van der Waals surface area contributed by atoms with Crippen molar-refractivity contribution in [2.24, 2.45) is 0 Å². The highest BCUT2D eigenvalue weighted by atomic mass is 15.2. The number of hydrogen-bond acceptors (Lipinski definition) is 1. The van der Waals surface area contributed by atoms with Gasteiger partial charge in [-0.3, -0.25) is 0 Å². The lowest BCUT2D eigenvalue weighted by Gasteiger charge is -2.29. The molecule has 5 aromatic carbocycles. The van der Waals surface area contributed by atoms with E-state index < -0.39 is 0 Å². The average Bonchev–Trinajstić information content (AvgIpc) is 3.33. The van der Waals surface area contributed by atoms with Crippen LogP contribution in [-0.4, -0.2) is 24.4 Å². The third kappa shape index (κ3) is 3.89. The van der Waals surface area contributed by atoms with Gasteiger partial charge in [0.2, 0.25) is 5.69 Å². The Balaban J connectivity index is 1.35. The van der Waals surface area contributed by atoms with Gasteiger partial charge in [0, 0.05) is 35.5 Å². The molecule has 0 spiro atoms. The molecular formula is C40H39N2+. The quantitative estimate of drug-likeness (QED) is 0.203. The second kappa shape index (κ2) is 9.56. The molecule has 1 unspecified atom stereocenters. The first-order valence-corrected chi connectivity index (χ1v) is 15.0. The second-order valence-electron chi connectivity index (χ2n) is 12.9. The van der Waals surface area contributed by atoms with Crippen LogP contribution in [0, 0.1) is 6.92 Å². The van der Waals surface area contributed by atoms with Crippen LogP contribution in [0.4, 0.5) is 11.4 Å². The molecule has 0 aromatic heterocycles. The van der Waals surface area contributed by atoms with Crippen molar-refractivity contribution in [3.05, 3.63) is 143 Å². The summed E-state index contributed by atoms with van der Waals surface area (Å²) in [5.41, 5.74) is 10.5. The predicted octanol–water partition coefficient (Wildman–Crippen LogP) is 9.40. The molecule has 42 heavy (non-hydrogen) atoms. The van der Waals surface area contributed by atoms with Gasteiger partial charge in [0.05, 0.1) is 10.8 Å². The maximum Gasteiger partial charge on any atom is 0.217 e. The molecule has 0 amide bonds. The van der Waals surface area contributed by atoms with Crippen LogP contribution in [-0.2, 0) is 17.3 Å². The van der Waals surface area contributed by atoms with E-state index >= 15 is 0 Å². The third-order valence-electron chi connectivity index (χ3n) is 9.84. The molecule has 0 N–H and O–H groups in total. The van der Waals surface area contributed by atoms with Crippen LogP contribution in [0.15, 0.2) is 121 Å². The molecule has 7 rings (SSSR count). The Hall–Kier alpha value is -4.43. The summed E-state index contributed by atoms with van der Waals surface area (Å²) in [6, 6.07) is 35.8. The van der Waals surface area contributed by atoms with E-state index in [2.05, 4.69) is 167 Å². The highest BCUT2D eigenvalue weighted by molar-refractivity contribution is 6.07. The minimum atomic E-state index is -0.175. The molecule has 0 saturated heterocycles. The fourth-order valence-corrected chi connectivity index (χ4v) is 7.69. The van der Waals surface area contributed by atoms with Gasteiger partial charge in [-0.15, -0.1) is 0 Å². The molecule has 0 fully saturated rings. The molecule has 0 saturated carbocycles. The summed E-state index contributed by atoms with van der Waals surface area (Å²) in [6.45, 7) is 9.29. The van der Waals surface area contributed by atoms with Crippen molar-refractivity contribution in [2.45, 2.75) is 44.9 Å². The highest BCUT2D eigenvalue weighted by Crippen LogP contribution is 2.52. The van der Waals surface area contributed by atoms with E-state index in [0.29, 0.717) is 0 Å². The first-order chi connectivity index (χ1) is 20.2. The number of aryl methyl sites for hydroxylation is 1. The largest absolute Gasteiger partial charge is 0.347 e. The zero-order valence-electron chi connectivity index (χ0n) is 25.6. The maximum absolute atomic E-state index is 2.43. The van der Waals surface area contributed by atoms with Gasteiger partial charge in [0.15, 0.2) is 5.71 Å². The predicted molar refractivity (Wildman–Crippen MR) is 180 cm³/mol. The number of allylic oxidation sites excluding steroid dienone is 4. The lowest BCUT2D eigenvalue weighted by Crippen LogP contribution is -2.29. The zero-order chi connectivity index (χ0) is 29.2. The smallest absolute Gasteiger partial charge is 0.217 e. The first kappa shape index (κ1) is 26.5. The molecule has 2 aliphatic heterocycles. The van der Waals surface area contributed by atoms with Crippen LogP contribution in [0.25, 0.3) is 21.5 Å². The van der Waals surface area contributed by atoms with Crippen LogP contribution in [0.3, 0.4) is 0 Å². The van der Waals surface area contributed by atoms with E-state index in [0.717, 1.165) is 6.42 Å². The van der Waals surface area contributed by atoms with Gasteiger partial charge in [-0.1, -0.05) is 96.6 Å². The first-order valence-electron chi connectivity index (χ1n) is 15.0. The monoisotopic (exact) mass is 547 g/mol. The van der Waals surface area contributed by atoms with Crippen LogP contribution in [0.5, 0.6) is 0 Å². The van der Waals surface area contributed by atoms with E-state index in [4.69, 9.17) is 0 Å². The van der Waals surface area contributed by atoms with Crippen LogP contribution < -0.4 is 4.90 Å². The van der Waals surface area contributed by atoms with Gasteiger partial charge in [0.25, 0.3) is 0 Å². The molecule has 5 aromatic rings. The van der Waals surface area contributed by atoms with Gasteiger partial charge in [-0.05, 0) is 79.6 Å². The summed E-state index contributed by atoms with van der Waals surface area (Å²) in [7, 11) is 4.45. The fourth-order valence-electron chi connectivity index (χ4n) is 7.69. The Kier molecular flexibility index (Phi) is 6.02. The van der Waals surface area contributed by atoms with Crippen molar-refractivity contribution in [1.82, 2.24) is 0 Å². The topological polar surface area (TPSA) is 6.25 Å². The number of fused-ring (bicyclic) bond motifs is 6. The molecular weight excluding hydrogens is 508 g/mol. The van der Waals surface area contributed by atoms with Crippen LogP contribution in [0.1, 0.15) is 43.0 Å². The van der Waals surface area contributed by atoms with Gasteiger partial charge in [0.1, 0.15) is 7.05 Å². The summed E-state index contributed by atoms with van der Waals surface area (Å²) in [5, 5.41) is 5.25. The fraction of sp³-hybridized carbons (Fsp3) is 0.225. The average molecular weight is 548 g/mol. The van der Waals surface area contributed by atoms with Gasteiger partial charge in [-0.2, -0.15) is 4.58 Å². The van der Waals surface area contributed by atoms with Gasteiger partial charge >= 0.3 is 0 Å². The minimum absolute atomic E-state index is 0.0882. The van der Waals surface area contributed by atoms with Gasteiger partial charge < -0.3 is 4.90 Å². The molecule has 0 bridgehead atoms. The molecule has 2 nitrogen and oxygen atoms in total. The Morgan fingerprint density at radius 1 is 0.762 bits per heavy atom. The summed E-state index contributed by atoms with van der Waals surface area (Å²) in [5.74, 6) is 0. The van der Waals surface area contributed by atoms with E-state index in [1.165, 1.54) is 66.6 Å². The molecule has 2 aliphatic rings. The Morgan fingerprint density at radius 3 is 2.14 bits per heavy atom. The molecule has 2 heterocycles. The third-order valence-corrected chi connectivity index (χ3v) is 9.84. The number of benzene rings is 5. The van der Waals surface area contributed by atoms with E-state index in [-0.39, 0.29) is 10.8 Å². The lowest BCUT2D eigenvalue weighted by atomic mass is 9.74. The normalized spacial score (nSPS) is 20.3. The SMILES string of the molecule is Cc1ccc(CC2(C)/C(=C\C=C\C3=[N+](C)c4c(ccc5ccccc45)C3(C)C)N(C)c3ccc4ccccc4c32)cc1. The Labute approximate surface area is 249 Å². The summed E-state index contributed by atoms with van der Waals surface area (Å²) in [6.07, 6.45) is 7.93. The maximum atomic E-state index is 2.43. The van der Waals surface area contributed by atoms with Crippen LogP contribution in [0.2, 0.25) is 0 Å². The van der Waals surface area contributed by atoms with E-state index in [1.54, 1.807) is 0 Å². The number of nitrogens with zero attached hydrogens (tertiary/aromatic N) is 2. The molecule has 0 aliphatic carbocycles. The van der Waals surface area contributed by atoms with E-state index in [9.17, 15) is 0 Å². The number of rotatable bonds is 4. The van der Waals surface area contributed by atoms with Crippen LogP contribution >= 0.6 is 0 Å². The molecule has 208 valence electrons. The summed E-state index contributed by atoms with van der Waals surface area (Å²) < 4.78 is 2.40. The van der Waals surface area contributed by atoms with Crippen molar-refractivity contribution in [3.63, 3.8) is 0 Å². The van der Waals surface area contributed by atoms with Crippen molar-refractivity contribution in [2.75, 3.05) is 19.0 Å². The second-order valence-corrected chi connectivity index (χ2v) is 12.9. The van der Waals surface area contributed by atoms with Crippen molar-refractivity contribution < 1.29 is 4.58 Å². The summed E-state index contributed by atoms with van der Waals surface area (Å²) >= 11 is 0. The minimum Gasteiger partial charge on any atom is -0.347 e. The van der Waals surface area contributed by atoms with E-state index in [1.807, 2.05) is 0 Å². The molecule has 2 heteroatoms. The Morgan fingerprint density at radius 2 is 1.40 bits per heavy atom. The Bertz CT molecular complexity index is 1970. The zero-order valence-corrected chi connectivity index (χ0v) is 25.6. The molecule has 1 atom stereocenters.